The molecule has 14 aromatic rings. The Hall–Kier alpha value is -11.6. The van der Waals surface area contributed by atoms with E-state index in [1.54, 1.807) is 0 Å². The summed E-state index contributed by atoms with van der Waals surface area (Å²) >= 11 is 0. The average molecular weight is 1120 g/mol. The maximum absolute atomic E-state index is 2.35. The summed E-state index contributed by atoms with van der Waals surface area (Å²) in [6, 6.07) is 118. The number of rotatable bonds is 16. The molecule has 0 aliphatic heterocycles. The summed E-state index contributed by atoms with van der Waals surface area (Å²) < 4.78 is 0. The monoisotopic (exact) mass is 1120 g/mol. The third kappa shape index (κ3) is 12.1. The number of anilines is 6. The van der Waals surface area contributed by atoms with E-state index in [9.17, 15) is 0 Å². The molecule has 0 N–H and O–H groups in total. The zero-order valence-corrected chi connectivity index (χ0v) is 48.7. The van der Waals surface area contributed by atoms with Gasteiger partial charge in [-0.3, -0.25) is 0 Å². The molecule has 0 saturated heterocycles. The van der Waals surface area contributed by atoms with Gasteiger partial charge in [0.1, 0.15) is 0 Å². The Bertz CT molecular complexity index is 4610. The van der Waals surface area contributed by atoms with Crippen LogP contribution in [0.25, 0.3) is 103 Å². The van der Waals surface area contributed by atoms with Crippen molar-refractivity contribution in [2.24, 2.45) is 0 Å². The van der Waals surface area contributed by atoms with E-state index >= 15 is 0 Å². The average Bonchev–Trinajstić information content (AvgIpc) is 1.79. The van der Waals surface area contributed by atoms with Crippen molar-refractivity contribution < 1.29 is 0 Å². The molecule has 14 aromatic carbocycles. The van der Waals surface area contributed by atoms with Crippen LogP contribution >= 0.6 is 0 Å². The van der Waals surface area contributed by atoms with E-state index in [0.717, 1.165) is 67.5 Å². The highest BCUT2D eigenvalue weighted by Gasteiger charge is 2.19. The first-order valence-electron chi connectivity index (χ1n) is 30.1. The summed E-state index contributed by atoms with van der Waals surface area (Å²) in [7, 11) is 0. The molecule has 88 heavy (non-hydrogen) atoms. The molecule has 0 amide bonds. The van der Waals surface area contributed by atoms with Crippen LogP contribution in [0, 0.1) is 0 Å². The van der Waals surface area contributed by atoms with Gasteiger partial charge >= 0.3 is 0 Å². The minimum absolute atomic E-state index is 1.07. The molecule has 0 aromatic heterocycles. The highest BCUT2D eigenvalue weighted by atomic mass is 15.1. The lowest BCUT2D eigenvalue weighted by atomic mass is 9.88. The van der Waals surface area contributed by atoms with Crippen molar-refractivity contribution in [3.63, 3.8) is 0 Å². The number of benzene rings is 14. The molecule has 2 nitrogen and oxygen atoms in total. The molecule has 0 aliphatic carbocycles. The number of nitrogens with zero attached hydrogens (tertiary/aromatic N) is 2. The van der Waals surface area contributed by atoms with Gasteiger partial charge in [-0.05, 0) is 172 Å². The Morgan fingerprint density at radius 3 is 0.807 bits per heavy atom. The van der Waals surface area contributed by atoms with Crippen LogP contribution < -0.4 is 9.80 Å². The van der Waals surface area contributed by atoms with Gasteiger partial charge in [0.2, 0.25) is 0 Å². The van der Waals surface area contributed by atoms with E-state index in [4.69, 9.17) is 0 Å². The second kappa shape index (κ2) is 25.3. The molecule has 0 atom stereocenters. The Labute approximate surface area is 516 Å². The zero-order chi connectivity index (χ0) is 58.9. The highest BCUT2D eigenvalue weighted by molar-refractivity contribution is 6.23. The Morgan fingerprint density at radius 1 is 0.170 bits per heavy atom. The van der Waals surface area contributed by atoms with Crippen molar-refractivity contribution in [3.8, 4) is 22.3 Å². The van der Waals surface area contributed by atoms with Crippen LogP contribution in [-0.2, 0) is 0 Å². The van der Waals surface area contributed by atoms with Gasteiger partial charge in [-0.15, -0.1) is 0 Å². The van der Waals surface area contributed by atoms with Gasteiger partial charge in [0, 0.05) is 34.1 Å². The van der Waals surface area contributed by atoms with E-state index in [1.165, 1.54) is 65.7 Å². The number of fused-ring (bicyclic) bond motifs is 5. The fourth-order valence-corrected chi connectivity index (χ4v) is 11.9. The third-order valence-electron chi connectivity index (χ3n) is 16.5. The van der Waals surface area contributed by atoms with E-state index in [-0.39, 0.29) is 0 Å². The van der Waals surface area contributed by atoms with Crippen LogP contribution in [0.15, 0.2) is 328 Å². The second-order valence-corrected chi connectivity index (χ2v) is 22.1. The van der Waals surface area contributed by atoms with Gasteiger partial charge in [-0.2, -0.15) is 0 Å². The maximum atomic E-state index is 2.35. The highest BCUT2D eigenvalue weighted by Crippen LogP contribution is 2.44. The fourth-order valence-electron chi connectivity index (χ4n) is 11.9. The van der Waals surface area contributed by atoms with Crippen LogP contribution in [0.5, 0.6) is 0 Å². The maximum Gasteiger partial charge on any atom is 0.0462 e. The molecule has 0 bridgehead atoms. The van der Waals surface area contributed by atoms with Crippen molar-refractivity contribution >= 4 is 115 Å². The van der Waals surface area contributed by atoms with E-state index in [2.05, 4.69) is 386 Å². The molecule has 14 rings (SSSR count). The van der Waals surface area contributed by atoms with Gasteiger partial charge in [-0.25, -0.2) is 0 Å². The van der Waals surface area contributed by atoms with Crippen LogP contribution in [-0.4, -0.2) is 0 Å². The number of hydrogen-bond acceptors (Lipinski definition) is 2. The third-order valence-corrected chi connectivity index (χ3v) is 16.5. The molecule has 0 fully saturated rings. The normalized spacial score (nSPS) is 11.7. The first kappa shape index (κ1) is 54.4. The summed E-state index contributed by atoms with van der Waals surface area (Å²) in [5.74, 6) is 0. The molecule has 0 heterocycles. The predicted molar refractivity (Wildman–Crippen MR) is 381 cm³/mol. The van der Waals surface area contributed by atoms with Crippen LogP contribution in [0.3, 0.4) is 0 Å². The van der Waals surface area contributed by atoms with Crippen molar-refractivity contribution in [2.75, 3.05) is 9.80 Å². The SMILES string of the molecule is C(=C\c1ccc(N(c2ccc(/C=C/c3ccccc3)cc2)c2ccc(-c3ccc(-c4ccc(N(c5ccc(/C=C/c6ccccc6)cc5)c5ccc(/C=C/c6ccccc6)cc5)cc4)c4c3ccc3c5ccccc5ccc34)cc2)cc1)/c1ccccc1. The summed E-state index contributed by atoms with van der Waals surface area (Å²) in [4.78, 5) is 4.70. The second-order valence-electron chi connectivity index (χ2n) is 22.1. The molecule has 0 spiro atoms. The lowest BCUT2D eigenvalue weighted by Gasteiger charge is -2.26. The molecule has 0 radical (unpaired) electrons. The molecule has 0 aliphatic rings. The fraction of sp³-hybridized carbons (Fsp3) is 0. The van der Waals surface area contributed by atoms with Gasteiger partial charge in [0.25, 0.3) is 0 Å². The summed E-state index contributed by atoms with van der Waals surface area (Å²) in [6.07, 6.45) is 17.4. The Kier molecular flexibility index (Phi) is 15.6. The number of hydrogen-bond donors (Lipinski definition) is 0. The van der Waals surface area contributed by atoms with Crippen molar-refractivity contribution in [3.05, 3.63) is 372 Å². The zero-order valence-electron chi connectivity index (χ0n) is 48.7. The predicted octanol–water partition coefficient (Wildman–Crippen LogP) is 24.1. The van der Waals surface area contributed by atoms with Crippen molar-refractivity contribution in [1.82, 2.24) is 0 Å². The lowest BCUT2D eigenvalue weighted by Crippen LogP contribution is -2.09. The minimum Gasteiger partial charge on any atom is -0.311 e. The van der Waals surface area contributed by atoms with Gasteiger partial charge < -0.3 is 9.80 Å². The standard InChI is InChI=1S/C86H62N2/c1-5-15-63(16-6-1)25-29-67-33-46-74(47-34-67)87(75-48-35-68(36-49-75)30-26-64-17-7-2-8-18-64)78-54-41-72(42-55-78)81-59-60-82(86-84(81)62-61-83-80-24-14-13-23-71(80)45-58-85(83)86)73-43-56-79(57-44-73)88(76-50-37-69(38-51-76)31-27-65-19-9-3-10-20-65)77-52-39-70(40-53-77)32-28-66-21-11-4-12-22-66/h1-62H/b29-25+,30-26+,31-27+,32-28+. The van der Waals surface area contributed by atoms with Gasteiger partial charge in [0.05, 0.1) is 0 Å². The van der Waals surface area contributed by atoms with Gasteiger partial charge in [-0.1, -0.05) is 303 Å². The van der Waals surface area contributed by atoms with E-state index in [1.807, 2.05) is 0 Å². The molecule has 416 valence electrons. The molecule has 0 saturated carbocycles. The first-order valence-corrected chi connectivity index (χ1v) is 30.1. The Morgan fingerprint density at radius 2 is 0.443 bits per heavy atom. The summed E-state index contributed by atoms with van der Waals surface area (Å²) in [5, 5.41) is 7.39. The van der Waals surface area contributed by atoms with Crippen LogP contribution in [0.1, 0.15) is 44.5 Å². The molecule has 0 unspecified atom stereocenters. The van der Waals surface area contributed by atoms with Crippen molar-refractivity contribution in [2.45, 2.75) is 0 Å². The summed E-state index contributed by atoms with van der Waals surface area (Å²) in [6.45, 7) is 0. The first-order chi connectivity index (χ1) is 43.6. The minimum atomic E-state index is 1.07. The Balaban J connectivity index is 0.825. The van der Waals surface area contributed by atoms with Gasteiger partial charge in [0.15, 0.2) is 0 Å². The van der Waals surface area contributed by atoms with Crippen LogP contribution in [0.2, 0.25) is 0 Å². The largest absolute Gasteiger partial charge is 0.311 e. The molecular formula is C86H62N2. The van der Waals surface area contributed by atoms with Crippen molar-refractivity contribution in [1.29, 1.82) is 0 Å². The van der Waals surface area contributed by atoms with Crippen LogP contribution in [0.4, 0.5) is 34.1 Å². The van der Waals surface area contributed by atoms with E-state index in [0.29, 0.717) is 0 Å². The summed E-state index contributed by atoms with van der Waals surface area (Å²) in [5.41, 5.74) is 20.4. The smallest absolute Gasteiger partial charge is 0.0462 e. The van der Waals surface area contributed by atoms with E-state index < -0.39 is 0 Å². The molecule has 2 heteroatoms. The quantitative estimate of drug-likeness (QED) is 0.0703. The molecular weight excluding hydrogens is 1060 g/mol. The lowest BCUT2D eigenvalue weighted by molar-refractivity contribution is 1.28. The topological polar surface area (TPSA) is 6.48 Å².